The van der Waals surface area contributed by atoms with Crippen molar-refractivity contribution in [1.82, 2.24) is 9.56 Å². The Morgan fingerprint density at radius 2 is 1.12 bits per heavy atom. The largest absolute Gasteiger partial charge is 0.481 e. The third-order valence-electron chi connectivity index (χ3n) is 9.10. The Bertz CT molecular complexity index is 1960. The van der Waals surface area contributed by atoms with E-state index in [1.165, 1.54) is 0 Å². The van der Waals surface area contributed by atoms with E-state index in [9.17, 15) is 14.4 Å². The highest BCUT2D eigenvalue weighted by Gasteiger charge is 2.47. The van der Waals surface area contributed by atoms with Crippen LogP contribution in [0.25, 0.3) is 10.4 Å². The second-order valence-electron chi connectivity index (χ2n) is 14.6. The molecule has 0 aliphatic carbocycles. The van der Waals surface area contributed by atoms with Gasteiger partial charge in [-0.15, -0.1) is 19.8 Å². The van der Waals surface area contributed by atoms with Gasteiger partial charge >= 0.3 is 21.3 Å². The SMILES string of the molecule is CCCCCC(C)(N=[N+]=[N-])Oc1ccc(/C=N/N(C)[P+](=S)C(C)(CCC)Oc2ccc(/C=N/N(C)[P+](=S)C(C)(CCC)Oc3ccc(CP(=O)(O)O)cc3)cc2)cc1. The molecule has 0 saturated carbocycles. The van der Waals surface area contributed by atoms with Gasteiger partial charge in [-0.05, 0) is 121 Å². The zero-order chi connectivity index (χ0) is 43.0. The molecule has 0 fully saturated rings. The first-order valence-electron chi connectivity index (χ1n) is 19.3. The van der Waals surface area contributed by atoms with Crippen LogP contribution in [0.2, 0.25) is 0 Å². The van der Waals surface area contributed by atoms with E-state index in [1.807, 2.05) is 83.4 Å². The Kier molecular flexibility index (Phi) is 19.2. The van der Waals surface area contributed by atoms with Gasteiger partial charge in [0, 0.05) is 31.6 Å². The van der Waals surface area contributed by atoms with E-state index < -0.39 is 37.7 Å². The topological polar surface area (TPSA) is 165 Å². The normalized spacial score (nSPS) is 15.4. The van der Waals surface area contributed by atoms with Gasteiger partial charge in [-0.3, -0.25) is 4.57 Å². The molecule has 0 heterocycles. The van der Waals surface area contributed by atoms with Crippen LogP contribution < -0.4 is 14.2 Å². The molecule has 0 saturated heterocycles. The minimum Gasteiger partial charge on any atom is -0.481 e. The van der Waals surface area contributed by atoms with Crippen molar-refractivity contribution in [2.45, 2.75) is 115 Å². The molecule has 0 bridgehead atoms. The number of hydrazone groups is 2. The molecule has 0 amide bonds. The maximum absolute atomic E-state index is 11.4. The molecule has 5 unspecified atom stereocenters. The lowest BCUT2D eigenvalue weighted by molar-refractivity contribution is 0.0835. The molecule has 18 heteroatoms. The first-order chi connectivity index (χ1) is 27.4. The number of hydrogen-bond donors (Lipinski definition) is 2. The molecule has 3 aromatic rings. The van der Waals surface area contributed by atoms with Crippen molar-refractivity contribution in [2.75, 3.05) is 14.1 Å². The summed E-state index contributed by atoms with van der Waals surface area (Å²) in [5.41, 5.74) is 10.4. The summed E-state index contributed by atoms with van der Waals surface area (Å²) in [7, 11) is -0.448. The number of rotatable bonds is 25. The van der Waals surface area contributed by atoms with Crippen LogP contribution >= 0.6 is 21.3 Å². The first-order valence-corrected chi connectivity index (χ1v) is 25.8. The molecule has 58 heavy (non-hydrogen) atoms. The molecule has 13 nitrogen and oxygen atoms in total. The molecule has 314 valence electrons. The summed E-state index contributed by atoms with van der Waals surface area (Å²) in [6.45, 7) is 9.54. The predicted octanol–water partition coefficient (Wildman–Crippen LogP) is 11.8. The molecule has 0 aliphatic rings. The van der Waals surface area contributed by atoms with Crippen molar-refractivity contribution in [3.8, 4) is 17.2 Å². The van der Waals surface area contributed by atoms with Crippen molar-refractivity contribution in [3.63, 3.8) is 0 Å². The number of hydrogen-bond acceptors (Lipinski definition) is 9. The molecule has 5 atom stereocenters. The predicted molar refractivity (Wildman–Crippen MR) is 245 cm³/mol. The van der Waals surface area contributed by atoms with Crippen molar-refractivity contribution in [1.29, 1.82) is 0 Å². The number of nitrogens with zero attached hydrogens (tertiary/aromatic N) is 7. The van der Waals surface area contributed by atoms with Gasteiger partial charge in [-0.25, -0.2) is 0 Å². The standard InChI is InChI=1S/C40H56N7O6P3S2/c1-9-12-13-28-38(4,44-45-41)51-35-20-14-32(15-21-35)29-42-46(7)54(57)39(5,26-10-2)52-36-22-16-33(17-23-36)30-43-47(8)55(58)40(6,27-11-3)53-37-24-18-34(19-25-37)31-56(48,49)50/h14-25,29-30H,9-13,26-28,31H2,1-8H3/p+2/b42-29+,43-30+. The van der Waals surface area contributed by atoms with Crippen molar-refractivity contribution in [2.24, 2.45) is 15.3 Å². The molecule has 0 spiro atoms. The smallest absolute Gasteiger partial charge is 0.358 e. The molecule has 3 aromatic carbocycles. The lowest BCUT2D eigenvalue weighted by Crippen LogP contribution is -2.31. The maximum Gasteiger partial charge on any atom is 0.358 e. The highest BCUT2D eigenvalue weighted by Crippen LogP contribution is 2.48. The summed E-state index contributed by atoms with van der Waals surface area (Å²) >= 11 is 12.1. The minimum atomic E-state index is -4.16. The summed E-state index contributed by atoms with van der Waals surface area (Å²) in [6.07, 6.45) is 10.0. The third-order valence-corrected chi connectivity index (χ3v) is 17.1. The third kappa shape index (κ3) is 15.6. The molecule has 0 aliphatic heterocycles. The van der Waals surface area contributed by atoms with E-state index in [2.05, 4.69) is 41.0 Å². The zero-order valence-corrected chi connectivity index (χ0v) is 39.1. The van der Waals surface area contributed by atoms with Crippen LogP contribution in [0.5, 0.6) is 17.2 Å². The number of unbranched alkanes of at least 4 members (excludes halogenated alkanes) is 2. The fraction of sp³-hybridized carbons (Fsp3) is 0.500. The summed E-state index contributed by atoms with van der Waals surface area (Å²) in [5, 5.41) is 11.9. The lowest BCUT2D eigenvalue weighted by atomic mass is 10.1. The maximum atomic E-state index is 11.4. The summed E-state index contributed by atoms with van der Waals surface area (Å²) in [6, 6.07) is 21.9. The monoisotopic (exact) mass is 889 g/mol. The van der Waals surface area contributed by atoms with Crippen LogP contribution in [0, 0.1) is 0 Å². The van der Waals surface area contributed by atoms with Crippen LogP contribution in [0.15, 0.2) is 88.1 Å². The molecular weight excluding hydrogens is 832 g/mol. The quantitative estimate of drug-likeness (QED) is 0.0159. The van der Waals surface area contributed by atoms with Crippen LogP contribution in [-0.4, -0.2) is 62.3 Å². The van der Waals surface area contributed by atoms with Gasteiger partial charge in [-0.2, -0.15) is 0 Å². The Balaban J connectivity index is 1.65. The second kappa shape index (κ2) is 22.8. The van der Waals surface area contributed by atoms with E-state index in [4.69, 9.17) is 43.4 Å². The van der Waals surface area contributed by atoms with Crippen LogP contribution in [-0.2, 0) is 34.3 Å². The van der Waals surface area contributed by atoms with E-state index in [-0.39, 0.29) is 6.16 Å². The minimum absolute atomic E-state index is 0.325. The van der Waals surface area contributed by atoms with E-state index >= 15 is 0 Å². The van der Waals surface area contributed by atoms with Crippen LogP contribution in [0.3, 0.4) is 0 Å². The average Bonchev–Trinajstić information content (AvgIpc) is 3.17. The summed E-state index contributed by atoms with van der Waals surface area (Å²) < 4.78 is 34.1. The van der Waals surface area contributed by atoms with Crippen LogP contribution in [0.1, 0.15) is 110 Å². The second-order valence-corrected chi connectivity index (χ2v) is 22.5. The number of azide groups is 1. The van der Waals surface area contributed by atoms with Gasteiger partial charge in [0.05, 0.1) is 32.7 Å². The first kappa shape index (κ1) is 48.9. The van der Waals surface area contributed by atoms with Gasteiger partial charge < -0.3 is 24.0 Å². The fourth-order valence-corrected chi connectivity index (χ4v) is 10.6. The molecule has 2 N–H and O–H groups in total. The Labute approximate surface area is 356 Å². The van der Waals surface area contributed by atoms with E-state index in [0.717, 1.165) is 49.7 Å². The lowest BCUT2D eigenvalue weighted by Gasteiger charge is -2.25. The van der Waals surface area contributed by atoms with Crippen molar-refractivity contribution >= 4 is 57.3 Å². The van der Waals surface area contributed by atoms with Crippen molar-refractivity contribution in [3.05, 3.63) is 99.9 Å². The Hall–Kier alpha value is -3.50. The highest BCUT2D eigenvalue weighted by atomic mass is 32.4. The van der Waals surface area contributed by atoms with Crippen molar-refractivity contribution < 1.29 is 28.6 Å². The van der Waals surface area contributed by atoms with E-state index in [1.54, 1.807) is 46.3 Å². The number of ether oxygens (including phenoxy) is 3. The van der Waals surface area contributed by atoms with E-state index in [0.29, 0.717) is 35.7 Å². The Morgan fingerprint density at radius 3 is 1.50 bits per heavy atom. The van der Waals surface area contributed by atoms with Crippen LogP contribution in [0.4, 0.5) is 0 Å². The van der Waals surface area contributed by atoms with Gasteiger partial charge in [0.15, 0.2) is 29.3 Å². The molecule has 0 aromatic heterocycles. The zero-order valence-electron chi connectivity index (χ0n) is 34.8. The molecule has 0 radical (unpaired) electrons. The molecule has 3 rings (SSSR count). The average molecular weight is 890 g/mol. The summed E-state index contributed by atoms with van der Waals surface area (Å²) in [4.78, 5) is 21.6. The molecular formula is C40H58N7O6P3S2+2. The van der Waals surface area contributed by atoms with Gasteiger partial charge in [0.25, 0.3) is 10.7 Å². The van der Waals surface area contributed by atoms with Gasteiger partial charge in [-0.1, -0.05) is 45.7 Å². The number of benzene rings is 3. The highest BCUT2D eigenvalue weighted by molar-refractivity contribution is 8.04. The fourth-order valence-electron chi connectivity index (χ4n) is 6.13. The summed E-state index contributed by atoms with van der Waals surface area (Å²) in [5.74, 6) is 1.88. The Morgan fingerprint density at radius 1 is 0.707 bits per heavy atom. The van der Waals surface area contributed by atoms with Gasteiger partial charge in [0.2, 0.25) is 0 Å². The van der Waals surface area contributed by atoms with Gasteiger partial charge in [0.1, 0.15) is 17.2 Å².